The number of aryl methyl sites for hydroxylation is 1. The molecule has 0 saturated carbocycles. The molecule has 5 nitrogen and oxygen atoms in total. The molecule has 0 aliphatic heterocycles. The standard InChI is InChI=1S/C9H10BrN5S/c1-15-9(12-13-14-15)16-7-3-2-6(5-11)8(10)4-7/h2-4H,5,11H2,1H3. The lowest BCUT2D eigenvalue weighted by Gasteiger charge is -2.04. The van der Waals surface area contributed by atoms with E-state index in [1.165, 1.54) is 11.8 Å². The molecule has 84 valence electrons. The van der Waals surface area contributed by atoms with Gasteiger partial charge in [0.1, 0.15) is 0 Å². The lowest BCUT2D eigenvalue weighted by Crippen LogP contribution is -1.97. The Balaban J connectivity index is 2.23. The summed E-state index contributed by atoms with van der Waals surface area (Å²) >= 11 is 4.99. The van der Waals surface area contributed by atoms with E-state index in [2.05, 4.69) is 31.5 Å². The van der Waals surface area contributed by atoms with Crippen molar-refractivity contribution in [3.8, 4) is 0 Å². The first kappa shape index (κ1) is 11.6. The number of aromatic nitrogens is 4. The van der Waals surface area contributed by atoms with Gasteiger partial charge in [0, 0.05) is 23.0 Å². The molecule has 2 aromatic rings. The van der Waals surface area contributed by atoms with E-state index in [4.69, 9.17) is 5.73 Å². The number of benzene rings is 1. The van der Waals surface area contributed by atoms with E-state index < -0.39 is 0 Å². The molecule has 0 spiro atoms. The summed E-state index contributed by atoms with van der Waals surface area (Å²) in [6.07, 6.45) is 0. The van der Waals surface area contributed by atoms with Crippen LogP contribution in [-0.2, 0) is 13.6 Å². The van der Waals surface area contributed by atoms with E-state index in [0.29, 0.717) is 6.54 Å². The molecule has 1 heterocycles. The highest BCUT2D eigenvalue weighted by atomic mass is 79.9. The molecule has 0 bridgehead atoms. The summed E-state index contributed by atoms with van der Waals surface area (Å²) in [7, 11) is 1.81. The molecule has 2 N–H and O–H groups in total. The molecule has 0 unspecified atom stereocenters. The first-order chi connectivity index (χ1) is 7.70. The molecule has 7 heteroatoms. The summed E-state index contributed by atoms with van der Waals surface area (Å²) in [4.78, 5) is 1.07. The van der Waals surface area contributed by atoms with Crippen molar-refractivity contribution in [1.29, 1.82) is 0 Å². The van der Waals surface area contributed by atoms with Crippen molar-refractivity contribution in [3.63, 3.8) is 0 Å². The molecule has 0 radical (unpaired) electrons. The number of nitrogens with zero attached hydrogens (tertiary/aromatic N) is 4. The van der Waals surface area contributed by atoms with Gasteiger partial charge in [-0.15, -0.1) is 5.10 Å². The van der Waals surface area contributed by atoms with Gasteiger partial charge in [0.05, 0.1) is 0 Å². The molecule has 0 atom stereocenters. The van der Waals surface area contributed by atoms with E-state index in [-0.39, 0.29) is 0 Å². The van der Waals surface area contributed by atoms with Gasteiger partial charge in [0.15, 0.2) is 0 Å². The van der Waals surface area contributed by atoms with Crippen molar-refractivity contribution in [1.82, 2.24) is 20.2 Å². The summed E-state index contributed by atoms with van der Waals surface area (Å²) in [5, 5.41) is 12.0. The minimum atomic E-state index is 0.525. The fourth-order valence-corrected chi connectivity index (χ4v) is 2.63. The highest BCUT2D eigenvalue weighted by Gasteiger charge is 2.06. The van der Waals surface area contributed by atoms with Gasteiger partial charge >= 0.3 is 0 Å². The Kier molecular flexibility index (Phi) is 3.57. The average molecular weight is 300 g/mol. The average Bonchev–Trinajstić information content (AvgIpc) is 2.65. The Morgan fingerprint density at radius 1 is 1.50 bits per heavy atom. The van der Waals surface area contributed by atoms with Crippen molar-refractivity contribution in [3.05, 3.63) is 28.2 Å². The van der Waals surface area contributed by atoms with Crippen LogP contribution in [0.3, 0.4) is 0 Å². The van der Waals surface area contributed by atoms with Crippen LogP contribution in [0, 0.1) is 0 Å². The predicted octanol–water partition coefficient (Wildman–Crippen LogP) is 1.58. The van der Waals surface area contributed by atoms with Gasteiger partial charge in [-0.1, -0.05) is 22.0 Å². The van der Waals surface area contributed by atoms with Crippen LogP contribution < -0.4 is 5.73 Å². The maximum atomic E-state index is 5.59. The van der Waals surface area contributed by atoms with Gasteiger partial charge in [-0.05, 0) is 39.9 Å². The van der Waals surface area contributed by atoms with Gasteiger partial charge in [-0.25, -0.2) is 4.68 Å². The monoisotopic (exact) mass is 299 g/mol. The van der Waals surface area contributed by atoms with E-state index in [0.717, 1.165) is 20.1 Å². The summed E-state index contributed by atoms with van der Waals surface area (Å²) in [5.74, 6) is 0. The lowest BCUT2D eigenvalue weighted by molar-refractivity contribution is 0.664. The summed E-state index contributed by atoms with van der Waals surface area (Å²) in [6.45, 7) is 0.525. The smallest absolute Gasteiger partial charge is 0.213 e. The van der Waals surface area contributed by atoms with Crippen molar-refractivity contribution in [2.45, 2.75) is 16.6 Å². The highest BCUT2D eigenvalue weighted by Crippen LogP contribution is 2.28. The molecule has 0 fully saturated rings. The molecule has 2 rings (SSSR count). The number of tetrazole rings is 1. The van der Waals surface area contributed by atoms with Crippen LogP contribution in [0.25, 0.3) is 0 Å². The van der Waals surface area contributed by atoms with Crippen molar-refractivity contribution >= 4 is 27.7 Å². The number of hydrogen-bond donors (Lipinski definition) is 1. The third kappa shape index (κ3) is 2.42. The Hall–Kier alpha value is -0.920. The first-order valence-corrected chi connectivity index (χ1v) is 6.20. The Morgan fingerprint density at radius 2 is 2.31 bits per heavy atom. The summed E-state index contributed by atoms with van der Waals surface area (Å²) in [5.41, 5.74) is 6.67. The quantitative estimate of drug-likeness (QED) is 0.932. The van der Waals surface area contributed by atoms with Crippen LogP contribution >= 0.6 is 27.7 Å². The molecule has 0 amide bonds. The Labute approximate surface area is 106 Å². The van der Waals surface area contributed by atoms with E-state index in [1.807, 2.05) is 25.2 Å². The zero-order valence-corrected chi connectivity index (χ0v) is 11.0. The molecule has 0 aliphatic rings. The second-order valence-corrected chi connectivity index (χ2v) is 5.04. The van der Waals surface area contributed by atoms with Crippen LogP contribution in [0.1, 0.15) is 5.56 Å². The topological polar surface area (TPSA) is 69.6 Å². The van der Waals surface area contributed by atoms with Crippen molar-refractivity contribution < 1.29 is 0 Å². The normalized spacial score (nSPS) is 10.7. The fraction of sp³-hybridized carbons (Fsp3) is 0.222. The van der Waals surface area contributed by atoms with E-state index >= 15 is 0 Å². The lowest BCUT2D eigenvalue weighted by atomic mass is 10.2. The van der Waals surface area contributed by atoms with Gasteiger partial charge in [0.2, 0.25) is 5.16 Å². The molecule has 1 aromatic carbocycles. The minimum absolute atomic E-state index is 0.525. The SMILES string of the molecule is Cn1nnnc1Sc1ccc(CN)c(Br)c1. The second kappa shape index (κ2) is 4.94. The maximum Gasteiger partial charge on any atom is 0.213 e. The molecule has 1 aromatic heterocycles. The number of rotatable bonds is 3. The van der Waals surface area contributed by atoms with Crippen LogP contribution in [0.2, 0.25) is 0 Å². The first-order valence-electron chi connectivity index (χ1n) is 4.59. The zero-order chi connectivity index (χ0) is 11.5. The fourth-order valence-electron chi connectivity index (χ4n) is 1.17. The van der Waals surface area contributed by atoms with E-state index in [1.54, 1.807) is 4.68 Å². The van der Waals surface area contributed by atoms with Gasteiger partial charge in [0.25, 0.3) is 0 Å². The third-order valence-electron chi connectivity index (χ3n) is 2.03. The van der Waals surface area contributed by atoms with Gasteiger partial charge < -0.3 is 5.73 Å². The minimum Gasteiger partial charge on any atom is -0.326 e. The Bertz CT molecular complexity index is 498. The number of hydrogen-bond acceptors (Lipinski definition) is 5. The van der Waals surface area contributed by atoms with Crippen LogP contribution in [0.5, 0.6) is 0 Å². The predicted molar refractivity (Wildman–Crippen MR) is 65.0 cm³/mol. The van der Waals surface area contributed by atoms with Crippen molar-refractivity contribution in [2.24, 2.45) is 12.8 Å². The molecular weight excluding hydrogens is 290 g/mol. The second-order valence-electron chi connectivity index (χ2n) is 3.14. The molecule has 0 saturated heterocycles. The largest absolute Gasteiger partial charge is 0.326 e. The van der Waals surface area contributed by atoms with Crippen molar-refractivity contribution in [2.75, 3.05) is 0 Å². The maximum absolute atomic E-state index is 5.59. The number of halogens is 1. The number of nitrogens with two attached hydrogens (primary N) is 1. The molecule has 0 aliphatic carbocycles. The van der Waals surface area contributed by atoms with Crippen LogP contribution in [0.4, 0.5) is 0 Å². The molecular formula is C9H10BrN5S. The highest BCUT2D eigenvalue weighted by molar-refractivity contribution is 9.10. The summed E-state index contributed by atoms with van der Waals surface area (Å²) < 4.78 is 2.64. The van der Waals surface area contributed by atoms with E-state index in [9.17, 15) is 0 Å². The molecule has 16 heavy (non-hydrogen) atoms. The Morgan fingerprint density at radius 3 is 2.88 bits per heavy atom. The van der Waals surface area contributed by atoms with Gasteiger partial charge in [-0.3, -0.25) is 0 Å². The van der Waals surface area contributed by atoms with Gasteiger partial charge in [-0.2, -0.15) is 0 Å². The third-order valence-corrected chi connectivity index (χ3v) is 3.79. The zero-order valence-electron chi connectivity index (χ0n) is 8.59. The summed E-state index contributed by atoms with van der Waals surface area (Å²) in [6, 6.07) is 6.02. The van der Waals surface area contributed by atoms with Crippen LogP contribution in [-0.4, -0.2) is 20.2 Å². The van der Waals surface area contributed by atoms with Crippen LogP contribution in [0.15, 0.2) is 32.7 Å².